The lowest BCUT2D eigenvalue weighted by molar-refractivity contribution is -0.118. The third-order valence-corrected chi connectivity index (χ3v) is 3.73. The zero-order chi connectivity index (χ0) is 16.1. The Balaban J connectivity index is 2.07. The molecule has 22 heavy (non-hydrogen) atoms. The number of hydrogen-bond acceptors (Lipinski definition) is 3. The summed E-state index contributed by atoms with van der Waals surface area (Å²) in [6.45, 7) is 6.56. The van der Waals surface area contributed by atoms with Crippen LogP contribution >= 0.6 is 0 Å². The maximum absolute atomic E-state index is 11.2. The van der Waals surface area contributed by atoms with Crippen molar-refractivity contribution >= 4 is 17.3 Å². The van der Waals surface area contributed by atoms with Crippen LogP contribution in [0.2, 0.25) is 0 Å². The van der Waals surface area contributed by atoms with Gasteiger partial charge in [0.2, 0.25) is 5.91 Å². The predicted molar refractivity (Wildman–Crippen MR) is 90.1 cm³/mol. The first-order valence-corrected chi connectivity index (χ1v) is 7.31. The number of benzene rings is 2. The van der Waals surface area contributed by atoms with Crippen molar-refractivity contribution in [2.45, 2.75) is 27.3 Å². The first-order chi connectivity index (χ1) is 10.5. The largest absolute Gasteiger partial charge is 0.387 e. The highest BCUT2D eigenvalue weighted by Crippen LogP contribution is 2.19. The third kappa shape index (κ3) is 4.09. The van der Waals surface area contributed by atoms with E-state index in [1.807, 2.05) is 18.2 Å². The van der Waals surface area contributed by atoms with E-state index in [2.05, 4.69) is 43.5 Å². The van der Waals surface area contributed by atoms with Crippen LogP contribution in [0.15, 0.2) is 36.4 Å². The summed E-state index contributed by atoms with van der Waals surface area (Å²) in [7, 11) is 0. The number of amides is 1. The third-order valence-electron chi connectivity index (χ3n) is 3.73. The van der Waals surface area contributed by atoms with Crippen LogP contribution < -0.4 is 10.6 Å². The van der Waals surface area contributed by atoms with Crippen LogP contribution in [0, 0.1) is 20.8 Å². The molecule has 3 N–H and O–H groups in total. The van der Waals surface area contributed by atoms with Crippen molar-refractivity contribution in [2.75, 3.05) is 17.2 Å². The van der Waals surface area contributed by atoms with Gasteiger partial charge in [0.1, 0.15) is 6.61 Å². The van der Waals surface area contributed by atoms with Crippen LogP contribution in [-0.2, 0) is 11.3 Å². The Morgan fingerprint density at radius 1 is 1.00 bits per heavy atom. The van der Waals surface area contributed by atoms with Gasteiger partial charge in [0.05, 0.1) is 0 Å². The molecular formula is C18H22N2O2. The molecule has 0 fully saturated rings. The number of nitrogens with one attached hydrogen (secondary N) is 2. The first-order valence-electron chi connectivity index (χ1n) is 7.31. The molecule has 0 aromatic heterocycles. The van der Waals surface area contributed by atoms with E-state index in [0.29, 0.717) is 5.69 Å². The molecule has 2 aromatic carbocycles. The molecule has 4 nitrogen and oxygen atoms in total. The van der Waals surface area contributed by atoms with Gasteiger partial charge in [-0.3, -0.25) is 4.79 Å². The van der Waals surface area contributed by atoms with Gasteiger partial charge in [-0.1, -0.05) is 18.2 Å². The molecule has 1 amide bonds. The number of aliphatic hydroxyl groups excluding tert-OH is 1. The Labute approximate surface area is 131 Å². The molecule has 0 heterocycles. The molecule has 0 atom stereocenters. The maximum Gasteiger partial charge on any atom is 0.250 e. The quantitative estimate of drug-likeness (QED) is 0.794. The summed E-state index contributed by atoms with van der Waals surface area (Å²) < 4.78 is 0. The van der Waals surface area contributed by atoms with Gasteiger partial charge in [-0.05, 0) is 61.2 Å². The fourth-order valence-corrected chi connectivity index (χ4v) is 2.32. The molecule has 0 radical (unpaired) electrons. The van der Waals surface area contributed by atoms with Crippen molar-refractivity contribution in [3.63, 3.8) is 0 Å². The highest BCUT2D eigenvalue weighted by atomic mass is 16.3. The van der Waals surface area contributed by atoms with Gasteiger partial charge in [0.15, 0.2) is 0 Å². The zero-order valence-corrected chi connectivity index (χ0v) is 13.2. The summed E-state index contributed by atoms with van der Waals surface area (Å²) in [6, 6.07) is 11.9. The Morgan fingerprint density at radius 3 is 2.41 bits per heavy atom. The number of hydrogen-bond donors (Lipinski definition) is 3. The monoisotopic (exact) mass is 298 g/mol. The van der Waals surface area contributed by atoms with Crippen molar-refractivity contribution in [1.29, 1.82) is 0 Å². The number of rotatable bonds is 5. The molecule has 2 aromatic rings. The van der Waals surface area contributed by atoms with Crippen LogP contribution in [0.1, 0.15) is 22.3 Å². The van der Waals surface area contributed by atoms with Crippen molar-refractivity contribution in [3.05, 3.63) is 58.7 Å². The van der Waals surface area contributed by atoms with Crippen molar-refractivity contribution in [3.8, 4) is 0 Å². The van der Waals surface area contributed by atoms with Crippen LogP contribution in [0.5, 0.6) is 0 Å². The lowest BCUT2D eigenvalue weighted by Gasteiger charge is -2.13. The van der Waals surface area contributed by atoms with Gasteiger partial charge in [0, 0.05) is 17.9 Å². The van der Waals surface area contributed by atoms with E-state index < -0.39 is 12.5 Å². The highest BCUT2D eigenvalue weighted by molar-refractivity contribution is 5.91. The molecule has 0 unspecified atom stereocenters. The van der Waals surface area contributed by atoms with E-state index in [1.165, 1.54) is 22.3 Å². The summed E-state index contributed by atoms with van der Waals surface area (Å²) in [5.74, 6) is -0.415. The Bertz CT molecular complexity index is 681. The van der Waals surface area contributed by atoms with E-state index in [0.717, 1.165) is 12.2 Å². The smallest absolute Gasteiger partial charge is 0.250 e. The number of aliphatic hydroxyl groups is 1. The Kier molecular flexibility index (Phi) is 5.17. The molecule has 0 spiro atoms. The normalized spacial score (nSPS) is 10.4. The average Bonchev–Trinajstić information content (AvgIpc) is 2.50. The Morgan fingerprint density at radius 2 is 1.68 bits per heavy atom. The summed E-state index contributed by atoms with van der Waals surface area (Å²) in [5, 5.41) is 14.8. The second-order valence-electron chi connectivity index (χ2n) is 5.50. The second kappa shape index (κ2) is 7.09. The average molecular weight is 298 g/mol. The summed E-state index contributed by atoms with van der Waals surface area (Å²) in [6.07, 6.45) is 0. The topological polar surface area (TPSA) is 61.4 Å². The van der Waals surface area contributed by atoms with Gasteiger partial charge in [-0.15, -0.1) is 0 Å². The maximum atomic E-state index is 11.2. The molecule has 0 saturated carbocycles. The lowest BCUT2D eigenvalue weighted by Crippen LogP contribution is -2.15. The highest BCUT2D eigenvalue weighted by Gasteiger charge is 2.04. The van der Waals surface area contributed by atoms with Crippen LogP contribution in [0.3, 0.4) is 0 Å². The fourth-order valence-electron chi connectivity index (χ4n) is 2.32. The molecule has 0 aliphatic carbocycles. The number of carbonyl (C=O) groups excluding carboxylic acids is 1. The molecular weight excluding hydrogens is 276 g/mol. The molecule has 0 bridgehead atoms. The van der Waals surface area contributed by atoms with Crippen molar-refractivity contribution < 1.29 is 9.90 Å². The Hall–Kier alpha value is -2.33. The molecule has 2 rings (SSSR count). The molecule has 116 valence electrons. The molecule has 4 heteroatoms. The number of aryl methyl sites for hydroxylation is 3. The van der Waals surface area contributed by atoms with E-state index in [1.54, 1.807) is 6.07 Å². The first kappa shape index (κ1) is 16.0. The summed E-state index contributed by atoms with van der Waals surface area (Å²) in [4.78, 5) is 11.2. The minimum absolute atomic E-state index is 0.415. The van der Waals surface area contributed by atoms with E-state index in [4.69, 9.17) is 5.11 Å². The summed E-state index contributed by atoms with van der Waals surface area (Å²) in [5.41, 5.74) is 6.70. The zero-order valence-electron chi connectivity index (χ0n) is 13.2. The SMILES string of the molecule is Cc1cc(C)c(CNc2cccc(NC(=O)CO)c2)cc1C. The molecule has 0 aliphatic heterocycles. The minimum Gasteiger partial charge on any atom is -0.387 e. The minimum atomic E-state index is -0.514. The molecule has 0 saturated heterocycles. The van der Waals surface area contributed by atoms with E-state index >= 15 is 0 Å². The van der Waals surface area contributed by atoms with Crippen molar-refractivity contribution in [2.24, 2.45) is 0 Å². The van der Waals surface area contributed by atoms with Gasteiger partial charge < -0.3 is 15.7 Å². The predicted octanol–water partition coefficient (Wildman–Crippen LogP) is 3.15. The summed E-state index contributed by atoms with van der Waals surface area (Å²) >= 11 is 0. The van der Waals surface area contributed by atoms with Gasteiger partial charge >= 0.3 is 0 Å². The number of carbonyl (C=O) groups is 1. The molecule has 0 aliphatic rings. The van der Waals surface area contributed by atoms with Crippen LogP contribution in [0.4, 0.5) is 11.4 Å². The van der Waals surface area contributed by atoms with E-state index in [-0.39, 0.29) is 0 Å². The van der Waals surface area contributed by atoms with Gasteiger partial charge in [0.25, 0.3) is 0 Å². The van der Waals surface area contributed by atoms with Gasteiger partial charge in [-0.2, -0.15) is 0 Å². The van der Waals surface area contributed by atoms with E-state index in [9.17, 15) is 4.79 Å². The van der Waals surface area contributed by atoms with Crippen LogP contribution in [0.25, 0.3) is 0 Å². The van der Waals surface area contributed by atoms with Gasteiger partial charge in [-0.25, -0.2) is 0 Å². The second-order valence-corrected chi connectivity index (χ2v) is 5.50. The van der Waals surface area contributed by atoms with Crippen molar-refractivity contribution in [1.82, 2.24) is 0 Å². The van der Waals surface area contributed by atoms with Crippen LogP contribution in [-0.4, -0.2) is 17.6 Å². The standard InChI is InChI=1S/C18H22N2O2/c1-12-7-14(3)15(8-13(12)2)10-19-16-5-4-6-17(9-16)20-18(22)11-21/h4-9,19,21H,10-11H2,1-3H3,(H,20,22). The fraction of sp³-hybridized carbons (Fsp3) is 0.278. The number of anilines is 2. The lowest BCUT2D eigenvalue weighted by atomic mass is 10.0.